The summed E-state index contributed by atoms with van der Waals surface area (Å²) in [7, 11) is 0. The number of ether oxygens (including phenoxy) is 2. The molecule has 0 unspecified atom stereocenters. The number of hydrogen-bond donors (Lipinski definition) is 2. The zero-order chi connectivity index (χ0) is 21.6. The Morgan fingerprint density at radius 3 is 2.81 bits per heavy atom. The van der Waals surface area contributed by atoms with Crippen molar-refractivity contribution in [2.75, 3.05) is 18.5 Å². The molecule has 162 valence electrons. The molecule has 3 N–H and O–H groups in total. The second kappa shape index (κ2) is 7.19. The Bertz CT molecular complexity index is 1150. The predicted octanol–water partition coefficient (Wildman–Crippen LogP) is 3.02. The highest BCUT2D eigenvalue weighted by Crippen LogP contribution is 2.51. The van der Waals surface area contributed by atoms with Crippen molar-refractivity contribution < 1.29 is 18.7 Å². The van der Waals surface area contributed by atoms with E-state index in [4.69, 9.17) is 15.2 Å². The molecule has 2 heterocycles. The minimum absolute atomic E-state index is 0.268. The Morgan fingerprint density at radius 1 is 1.29 bits per heavy atom. The quantitative estimate of drug-likeness (QED) is 0.535. The molecule has 0 aliphatic heterocycles. The van der Waals surface area contributed by atoms with Crippen LogP contribution in [0.25, 0.3) is 5.65 Å². The maximum absolute atomic E-state index is 14.1. The molecule has 31 heavy (non-hydrogen) atoms. The monoisotopic (exact) mass is 425 g/mol. The van der Waals surface area contributed by atoms with Gasteiger partial charge in [0.05, 0.1) is 23.9 Å². The molecule has 0 spiro atoms. The van der Waals surface area contributed by atoms with Crippen LogP contribution in [-0.4, -0.2) is 39.3 Å². The van der Waals surface area contributed by atoms with Gasteiger partial charge in [-0.1, -0.05) is 0 Å². The Morgan fingerprint density at radius 2 is 2.10 bits per heavy atom. The van der Waals surface area contributed by atoms with E-state index in [1.807, 2.05) is 0 Å². The number of fused-ring (bicyclic) bond motifs is 1. The zero-order valence-corrected chi connectivity index (χ0v) is 17.2. The van der Waals surface area contributed by atoms with Crippen LogP contribution in [0.15, 0.2) is 36.7 Å². The molecule has 0 bridgehead atoms. The van der Waals surface area contributed by atoms with Gasteiger partial charge in [-0.05, 0) is 56.9 Å². The van der Waals surface area contributed by atoms with E-state index in [-0.39, 0.29) is 18.0 Å². The first-order valence-electron chi connectivity index (χ1n) is 10.4. The molecule has 5 rings (SSSR count). The lowest BCUT2D eigenvalue weighted by atomic mass is 10.0. The highest BCUT2D eigenvalue weighted by molar-refractivity contribution is 5.95. The molecule has 2 aliphatic rings. The van der Waals surface area contributed by atoms with E-state index in [1.165, 1.54) is 22.8 Å². The summed E-state index contributed by atoms with van der Waals surface area (Å²) < 4.78 is 26.7. The second-order valence-electron chi connectivity index (χ2n) is 8.36. The molecule has 2 saturated carbocycles. The van der Waals surface area contributed by atoms with Crippen molar-refractivity contribution in [3.63, 3.8) is 0 Å². The Hall–Kier alpha value is -3.20. The van der Waals surface area contributed by atoms with Crippen molar-refractivity contribution in [3.05, 3.63) is 53.6 Å². The van der Waals surface area contributed by atoms with Crippen LogP contribution in [0.2, 0.25) is 0 Å². The van der Waals surface area contributed by atoms with Crippen LogP contribution in [0.1, 0.15) is 48.5 Å². The van der Waals surface area contributed by atoms with Gasteiger partial charge in [0.25, 0.3) is 0 Å². The largest absolute Gasteiger partial charge is 0.491 e. The number of carbonyl (C=O) groups is 1. The van der Waals surface area contributed by atoms with Gasteiger partial charge in [-0.3, -0.25) is 0 Å². The van der Waals surface area contributed by atoms with Gasteiger partial charge < -0.3 is 20.5 Å². The fourth-order valence-corrected chi connectivity index (χ4v) is 3.65. The molecule has 0 atom stereocenters. The molecule has 2 fully saturated rings. The third-order valence-corrected chi connectivity index (χ3v) is 5.85. The van der Waals surface area contributed by atoms with Gasteiger partial charge in [0, 0.05) is 11.8 Å². The minimum Gasteiger partial charge on any atom is -0.491 e. The summed E-state index contributed by atoms with van der Waals surface area (Å²) in [6.07, 6.45) is 6.64. The number of halogens is 1. The number of anilines is 1. The van der Waals surface area contributed by atoms with Crippen molar-refractivity contribution in [2.45, 2.75) is 43.7 Å². The average molecular weight is 425 g/mol. The van der Waals surface area contributed by atoms with E-state index >= 15 is 0 Å². The number of hydrogen-bond acceptors (Lipinski definition) is 7. The van der Waals surface area contributed by atoms with Gasteiger partial charge in [-0.2, -0.15) is 5.10 Å². The summed E-state index contributed by atoms with van der Waals surface area (Å²) in [5, 5.41) is 7.58. The number of esters is 1. The number of nitrogens with two attached hydrogens (primary N) is 1. The van der Waals surface area contributed by atoms with Gasteiger partial charge in [-0.15, -0.1) is 0 Å². The van der Waals surface area contributed by atoms with Gasteiger partial charge in [0.15, 0.2) is 5.65 Å². The van der Waals surface area contributed by atoms with Crippen LogP contribution in [0.3, 0.4) is 0 Å². The number of rotatable bonds is 8. The summed E-state index contributed by atoms with van der Waals surface area (Å²) >= 11 is 0. The summed E-state index contributed by atoms with van der Waals surface area (Å²) in [6.45, 7) is 2.42. The molecule has 0 saturated heterocycles. The van der Waals surface area contributed by atoms with Crippen molar-refractivity contribution in [2.24, 2.45) is 5.73 Å². The SMILES string of the molecule is CCOC(=O)c1cnn2ccc(NC3(c4cc(F)ccc4OCC4(N)CC4)CC3)nc12. The lowest BCUT2D eigenvalue weighted by Crippen LogP contribution is -2.30. The normalized spacial score (nSPS) is 17.9. The highest BCUT2D eigenvalue weighted by Gasteiger charge is 2.47. The number of carbonyl (C=O) groups excluding carboxylic acids is 1. The van der Waals surface area contributed by atoms with Crippen molar-refractivity contribution in [1.29, 1.82) is 0 Å². The standard InChI is InChI=1S/C22H24FN5O3/c1-2-30-20(29)15-12-25-28-10-5-18(26-19(15)28)27-22(8-9-22)16-11-14(23)3-4-17(16)31-13-21(24)6-7-21/h3-5,10-12H,2,6-9,13,24H2,1H3,(H,26,27). The molecule has 0 amide bonds. The van der Waals surface area contributed by atoms with Crippen LogP contribution < -0.4 is 15.8 Å². The predicted molar refractivity (Wildman–Crippen MR) is 112 cm³/mol. The van der Waals surface area contributed by atoms with Gasteiger partial charge >= 0.3 is 5.97 Å². The lowest BCUT2D eigenvalue weighted by molar-refractivity contribution is 0.0528. The number of nitrogens with zero attached hydrogens (tertiary/aromatic N) is 3. The Labute approximate surface area is 178 Å². The van der Waals surface area contributed by atoms with Gasteiger partial charge in [-0.25, -0.2) is 18.7 Å². The highest BCUT2D eigenvalue weighted by atomic mass is 19.1. The molecular weight excluding hydrogens is 401 g/mol. The van der Waals surface area contributed by atoms with E-state index in [0.717, 1.165) is 31.2 Å². The number of benzene rings is 1. The fourth-order valence-electron chi connectivity index (χ4n) is 3.65. The fraction of sp³-hybridized carbons (Fsp3) is 0.409. The molecular formula is C22H24FN5O3. The molecule has 3 aromatic rings. The summed E-state index contributed by atoms with van der Waals surface area (Å²) in [6, 6.07) is 6.33. The third kappa shape index (κ3) is 3.81. The van der Waals surface area contributed by atoms with E-state index < -0.39 is 11.5 Å². The molecule has 8 nitrogen and oxygen atoms in total. The number of aromatic nitrogens is 3. The van der Waals surface area contributed by atoms with Crippen LogP contribution >= 0.6 is 0 Å². The minimum atomic E-state index is -0.488. The molecule has 0 radical (unpaired) electrons. The van der Waals surface area contributed by atoms with Crippen LogP contribution in [0.4, 0.5) is 10.2 Å². The Balaban J connectivity index is 1.43. The van der Waals surface area contributed by atoms with Crippen molar-refractivity contribution >= 4 is 17.4 Å². The van der Waals surface area contributed by atoms with Gasteiger partial charge in [0.1, 0.15) is 29.6 Å². The van der Waals surface area contributed by atoms with Crippen LogP contribution in [0, 0.1) is 5.82 Å². The number of nitrogens with one attached hydrogen (secondary N) is 1. The topological polar surface area (TPSA) is 104 Å². The maximum Gasteiger partial charge on any atom is 0.343 e. The maximum atomic E-state index is 14.1. The van der Waals surface area contributed by atoms with Crippen LogP contribution in [0.5, 0.6) is 5.75 Å². The average Bonchev–Trinajstić information content (AvgIpc) is 3.65. The van der Waals surface area contributed by atoms with Crippen LogP contribution in [-0.2, 0) is 10.3 Å². The summed E-state index contributed by atoms with van der Waals surface area (Å²) in [4.78, 5) is 16.8. The van der Waals surface area contributed by atoms with Gasteiger partial charge in [0.2, 0.25) is 0 Å². The molecule has 9 heteroatoms. The lowest BCUT2D eigenvalue weighted by Gasteiger charge is -2.23. The van der Waals surface area contributed by atoms with Crippen molar-refractivity contribution in [1.82, 2.24) is 14.6 Å². The first-order chi connectivity index (χ1) is 14.9. The second-order valence-corrected chi connectivity index (χ2v) is 8.36. The van der Waals surface area contributed by atoms with Crippen molar-refractivity contribution in [3.8, 4) is 5.75 Å². The first-order valence-corrected chi connectivity index (χ1v) is 10.4. The van der Waals surface area contributed by atoms with E-state index in [2.05, 4.69) is 15.4 Å². The third-order valence-electron chi connectivity index (χ3n) is 5.85. The molecule has 2 aliphatic carbocycles. The van der Waals surface area contributed by atoms with E-state index in [1.54, 1.807) is 25.3 Å². The summed E-state index contributed by atoms with van der Waals surface area (Å²) in [5.74, 6) is 0.387. The van der Waals surface area contributed by atoms with E-state index in [9.17, 15) is 9.18 Å². The molecule has 2 aromatic heterocycles. The Kier molecular flexibility index (Phi) is 4.58. The first kappa shape index (κ1) is 19.7. The zero-order valence-electron chi connectivity index (χ0n) is 17.2. The molecule has 1 aromatic carbocycles. The smallest absolute Gasteiger partial charge is 0.343 e. The van der Waals surface area contributed by atoms with E-state index in [0.29, 0.717) is 29.4 Å². The summed E-state index contributed by atoms with van der Waals surface area (Å²) in [5.41, 5.74) is 6.84.